The van der Waals surface area contributed by atoms with Crippen molar-refractivity contribution in [1.29, 1.82) is 0 Å². The lowest BCUT2D eigenvalue weighted by Gasteiger charge is -2.25. The second kappa shape index (κ2) is 6.43. The van der Waals surface area contributed by atoms with E-state index in [1.807, 2.05) is 0 Å². The minimum Gasteiger partial charge on any atom is -0.451 e. The summed E-state index contributed by atoms with van der Waals surface area (Å²) < 4.78 is 43.8. The topological polar surface area (TPSA) is 97.6 Å². The van der Waals surface area contributed by atoms with Gasteiger partial charge < -0.3 is 10.2 Å². The molecule has 1 aliphatic rings. The molecule has 1 aromatic carbocycles. The van der Waals surface area contributed by atoms with Crippen molar-refractivity contribution in [1.82, 2.24) is 14.9 Å². The molecule has 0 aliphatic carbocycles. The fourth-order valence-corrected chi connectivity index (χ4v) is 3.18. The van der Waals surface area contributed by atoms with Gasteiger partial charge >= 0.3 is 6.18 Å². The van der Waals surface area contributed by atoms with E-state index in [1.165, 1.54) is 19.7 Å². The van der Waals surface area contributed by atoms with Crippen molar-refractivity contribution in [2.24, 2.45) is 10.7 Å². The standard InChI is InChI=1S/C19H14F3N5O2/c1-27-16(28)18(26-17(27)23,15-6-5-13(8-24-15)19(20,21)22)12-4-2-3-11(7-12)14-9-29-10-25-14/h2-10H,1H3,(H2,23,26). The van der Waals surface area contributed by atoms with Crippen LogP contribution in [-0.2, 0) is 16.5 Å². The van der Waals surface area contributed by atoms with Gasteiger partial charge in [0.2, 0.25) is 5.54 Å². The molecule has 0 radical (unpaired) electrons. The van der Waals surface area contributed by atoms with Crippen molar-refractivity contribution in [2.45, 2.75) is 11.7 Å². The first-order chi connectivity index (χ1) is 13.7. The lowest BCUT2D eigenvalue weighted by Crippen LogP contribution is -2.41. The minimum absolute atomic E-state index is 0.0279. The number of nitrogens with two attached hydrogens (primary N) is 1. The number of rotatable bonds is 3. The maximum atomic E-state index is 13.2. The second-order valence-corrected chi connectivity index (χ2v) is 6.43. The van der Waals surface area contributed by atoms with Crippen molar-refractivity contribution < 1.29 is 22.4 Å². The number of nitrogens with zero attached hydrogens (tertiary/aromatic N) is 4. The Labute approximate surface area is 162 Å². The number of hydrogen-bond donors (Lipinski definition) is 1. The van der Waals surface area contributed by atoms with Crippen LogP contribution in [0.4, 0.5) is 13.2 Å². The average molecular weight is 401 g/mol. The van der Waals surface area contributed by atoms with Crippen LogP contribution in [0.1, 0.15) is 16.8 Å². The van der Waals surface area contributed by atoms with Crippen LogP contribution in [0.5, 0.6) is 0 Å². The Morgan fingerprint density at radius 3 is 2.52 bits per heavy atom. The van der Waals surface area contributed by atoms with E-state index in [0.29, 0.717) is 23.0 Å². The van der Waals surface area contributed by atoms with Gasteiger partial charge in [-0.1, -0.05) is 18.2 Å². The minimum atomic E-state index is -4.55. The molecular formula is C19H14F3N5O2. The number of carbonyl (C=O) groups excluding carboxylic acids is 1. The molecule has 0 saturated carbocycles. The van der Waals surface area contributed by atoms with E-state index < -0.39 is 23.2 Å². The highest BCUT2D eigenvalue weighted by molar-refractivity contribution is 6.08. The van der Waals surface area contributed by atoms with Crippen molar-refractivity contribution in [3.05, 3.63) is 72.1 Å². The highest BCUT2D eigenvalue weighted by atomic mass is 19.4. The zero-order valence-corrected chi connectivity index (χ0v) is 15.0. The maximum absolute atomic E-state index is 13.2. The number of aromatic nitrogens is 2. The molecule has 2 aromatic heterocycles. The number of alkyl halides is 3. The summed E-state index contributed by atoms with van der Waals surface area (Å²) in [5.41, 5.74) is 4.82. The van der Waals surface area contributed by atoms with Crippen LogP contribution in [0.2, 0.25) is 0 Å². The lowest BCUT2D eigenvalue weighted by atomic mass is 9.85. The molecule has 1 atom stereocenters. The van der Waals surface area contributed by atoms with Crippen molar-refractivity contribution >= 4 is 11.9 Å². The molecular weight excluding hydrogens is 387 g/mol. The lowest BCUT2D eigenvalue weighted by molar-refractivity contribution is -0.137. The Morgan fingerprint density at radius 2 is 1.97 bits per heavy atom. The molecule has 0 spiro atoms. The fraction of sp³-hybridized carbons (Fsp3) is 0.158. The van der Waals surface area contributed by atoms with Gasteiger partial charge in [-0.25, -0.2) is 9.98 Å². The van der Waals surface area contributed by atoms with Gasteiger partial charge in [-0.05, 0) is 23.8 Å². The third-order valence-electron chi connectivity index (χ3n) is 4.71. The Bertz CT molecular complexity index is 1090. The van der Waals surface area contributed by atoms with Crippen molar-refractivity contribution in [3.63, 3.8) is 0 Å². The molecule has 148 valence electrons. The predicted octanol–water partition coefficient (Wildman–Crippen LogP) is 2.79. The maximum Gasteiger partial charge on any atom is 0.417 e. The molecule has 29 heavy (non-hydrogen) atoms. The molecule has 4 rings (SSSR count). The first-order valence-corrected chi connectivity index (χ1v) is 8.40. The largest absolute Gasteiger partial charge is 0.451 e. The molecule has 0 bridgehead atoms. The van der Waals surface area contributed by atoms with Crippen LogP contribution >= 0.6 is 0 Å². The van der Waals surface area contributed by atoms with Crippen LogP contribution < -0.4 is 5.73 Å². The number of hydrogen-bond acceptors (Lipinski definition) is 6. The summed E-state index contributed by atoms with van der Waals surface area (Å²) in [6, 6.07) is 8.73. The third-order valence-corrected chi connectivity index (χ3v) is 4.71. The zero-order chi connectivity index (χ0) is 20.8. The molecule has 1 aliphatic heterocycles. The number of oxazole rings is 1. The molecule has 7 nitrogen and oxygen atoms in total. The van der Waals surface area contributed by atoms with Gasteiger partial charge in [0, 0.05) is 18.8 Å². The first kappa shape index (κ1) is 18.7. The van der Waals surface area contributed by atoms with Crippen molar-refractivity contribution in [2.75, 3.05) is 7.05 Å². The van der Waals surface area contributed by atoms with Crippen LogP contribution in [-0.4, -0.2) is 33.8 Å². The molecule has 3 aromatic rings. The van der Waals surface area contributed by atoms with Gasteiger partial charge in [0.1, 0.15) is 12.0 Å². The number of carbonyl (C=O) groups is 1. The molecule has 0 saturated heterocycles. The highest BCUT2D eigenvalue weighted by Gasteiger charge is 2.51. The smallest absolute Gasteiger partial charge is 0.417 e. The summed E-state index contributed by atoms with van der Waals surface area (Å²) in [6.45, 7) is 0. The van der Waals surface area contributed by atoms with Gasteiger partial charge in [0.05, 0.1) is 11.3 Å². The number of aliphatic imine (C=N–C) groups is 1. The summed E-state index contributed by atoms with van der Waals surface area (Å²) in [5, 5.41) is 0. The predicted molar refractivity (Wildman–Crippen MR) is 96.4 cm³/mol. The Kier molecular flexibility index (Phi) is 4.14. The van der Waals surface area contributed by atoms with E-state index >= 15 is 0 Å². The Morgan fingerprint density at radius 1 is 1.17 bits per heavy atom. The summed E-state index contributed by atoms with van der Waals surface area (Å²) in [4.78, 5) is 26.6. The average Bonchev–Trinajstić information content (AvgIpc) is 3.32. The van der Waals surface area contributed by atoms with E-state index in [2.05, 4.69) is 15.0 Å². The van der Waals surface area contributed by atoms with Gasteiger partial charge in [0.15, 0.2) is 12.4 Å². The number of amides is 1. The highest BCUT2D eigenvalue weighted by Crippen LogP contribution is 2.40. The molecule has 1 unspecified atom stereocenters. The van der Waals surface area contributed by atoms with E-state index in [1.54, 1.807) is 24.3 Å². The van der Waals surface area contributed by atoms with E-state index in [4.69, 9.17) is 10.2 Å². The monoisotopic (exact) mass is 401 g/mol. The molecule has 1 amide bonds. The van der Waals surface area contributed by atoms with Crippen LogP contribution in [0.25, 0.3) is 11.3 Å². The third kappa shape index (κ3) is 2.93. The van der Waals surface area contributed by atoms with Gasteiger partial charge in [-0.15, -0.1) is 0 Å². The number of likely N-dealkylation sites (N-methyl/N-ethyl adjacent to an activating group) is 1. The first-order valence-electron chi connectivity index (χ1n) is 8.40. The van der Waals surface area contributed by atoms with E-state index in [0.717, 1.165) is 17.0 Å². The fourth-order valence-electron chi connectivity index (χ4n) is 3.18. The number of halogens is 3. The number of guanidine groups is 1. The normalized spacial score (nSPS) is 19.5. The SMILES string of the molecule is CN1C(=O)C(c2cccc(-c3cocn3)c2)(c2ccc(C(F)(F)F)cn2)N=C1N. The summed E-state index contributed by atoms with van der Waals surface area (Å²) in [5.74, 6) is -0.594. The summed E-state index contributed by atoms with van der Waals surface area (Å²) >= 11 is 0. The van der Waals surface area contributed by atoms with Gasteiger partial charge in [-0.3, -0.25) is 14.7 Å². The second-order valence-electron chi connectivity index (χ2n) is 6.43. The molecule has 10 heteroatoms. The van der Waals surface area contributed by atoms with E-state index in [9.17, 15) is 18.0 Å². The van der Waals surface area contributed by atoms with Crippen LogP contribution in [0.15, 0.2) is 64.7 Å². The number of benzene rings is 1. The van der Waals surface area contributed by atoms with Crippen LogP contribution in [0.3, 0.4) is 0 Å². The van der Waals surface area contributed by atoms with Gasteiger partial charge in [-0.2, -0.15) is 13.2 Å². The van der Waals surface area contributed by atoms with Crippen molar-refractivity contribution in [3.8, 4) is 11.3 Å². The number of pyridine rings is 1. The summed E-state index contributed by atoms with van der Waals surface area (Å²) in [7, 11) is 1.44. The molecule has 0 fully saturated rings. The molecule has 3 heterocycles. The Balaban J connectivity index is 1.90. The zero-order valence-electron chi connectivity index (χ0n) is 15.0. The molecule has 2 N–H and O–H groups in total. The van der Waals surface area contributed by atoms with Gasteiger partial charge in [0.25, 0.3) is 5.91 Å². The Hall–Kier alpha value is -3.69. The van der Waals surface area contributed by atoms with E-state index in [-0.39, 0.29) is 11.7 Å². The van der Waals surface area contributed by atoms with Crippen LogP contribution in [0, 0.1) is 0 Å². The summed E-state index contributed by atoms with van der Waals surface area (Å²) in [6.07, 6.45) is -1.18. The quantitative estimate of drug-likeness (QED) is 0.728.